The topological polar surface area (TPSA) is 97.4 Å². The number of amides is 3. The Hall–Kier alpha value is -3.52. The van der Waals surface area contributed by atoms with Crippen molar-refractivity contribution in [2.45, 2.75) is 39.2 Å². The molecule has 4 rings (SSSR count). The summed E-state index contributed by atoms with van der Waals surface area (Å²) in [4.78, 5) is 40.2. The fourth-order valence-electron chi connectivity index (χ4n) is 3.80. The van der Waals surface area contributed by atoms with Crippen LogP contribution in [0.3, 0.4) is 0 Å². The summed E-state index contributed by atoms with van der Waals surface area (Å²) in [7, 11) is 0. The predicted octanol–water partition coefficient (Wildman–Crippen LogP) is 4.91. The number of halogens is 2. The first-order valence-corrected chi connectivity index (χ1v) is 10.7. The molecule has 9 heteroatoms. The van der Waals surface area contributed by atoms with E-state index in [1.807, 2.05) is 6.92 Å². The normalized spacial score (nSPS) is 15.9. The standard InChI is InChI=1S/C24H21ClFN3O4/c1-12-3-4-15(9-19(12)25)28-24(32)33-11-14-7-20(26)18-10-17(13(2)27-21(18)8-14)16-5-6-22(30)29-23(16)31/h3-4,7-10,16H,5-6,11H2,1-2H3,(H,28,32)(H,29,30,31). The van der Waals surface area contributed by atoms with Gasteiger partial charge in [0.05, 0.1) is 11.4 Å². The van der Waals surface area contributed by atoms with Gasteiger partial charge in [0.25, 0.3) is 0 Å². The van der Waals surface area contributed by atoms with Crippen molar-refractivity contribution in [2.24, 2.45) is 0 Å². The quantitative estimate of drug-likeness (QED) is 0.529. The van der Waals surface area contributed by atoms with Crippen LogP contribution in [-0.4, -0.2) is 22.9 Å². The number of anilines is 1. The van der Waals surface area contributed by atoms with E-state index in [0.29, 0.717) is 39.5 Å². The van der Waals surface area contributed by atoms with E-state index < -0.39 is 23.7 Å². The molecule has 1 fully saturated rings. The number of aryl methyl sites for hydroxylation is 2. The fourth-order valence-corrected chi connectivity index (χ4v) is 3.98. The molecule has 1 aromatic heterocycles. The minimum absolute atomic E-state index is 0.159. The Kier molecular flexibility index (Phi) is 6.29. The largest absolute Gasteiger partial charge is 0.444 e. The van der Waals surface area contributed by atoms with Crippen molar-refractivity contribution in [3.63, 3.8) is 0 Å². The lowest BCUT2D eigenvalue weighted by molar-refractivity contribution is -0.134. The molecule has 2 N–H and O–H groups in total. The monoisotopic (exact) mass is 469 g/mol. The maximum atomic E-state index is 14.9. The third kappa shape index (κ3) is 4.96. The molecule has 3 amide bonds. The zero-order valence-corrected chi connectivity index (χ0v) is 18.8. The van der Waals surface area contributed by atoms with Crippen LogP contribution in [0.25, 0.3) is 10.9 Å². The lowest BCUT2D eigenvalue weighted by Gasteiger charge is -2.22. The molecule has 0 spiro atoms. The summed E-state index contributed by atoms with van der Waals surface area (Å²) in [5.74, 6) is -1.81. The second-order valence-corrected chi connectivity index (χ2v) is 8.38. The number of nitrogens with zero attached hydrogens (tertiary/aromatic N) is 1. The molecule has 3 aromatic rings. The minimum Gasteiger partial charge on any atom is -0.444 e. The Balaban J connectivity index is 1.50. The van der Waals surface area contributed by atoms with Crippen LogP contribution in [0.5, 0.6) is 0 Å². The molecule has 0 aliphatic carbocycles. The Morgan fingerprint density at radius 2 is 2.03 bits per heavy atom. The highest BCUT2D eigenvalue weighted by atomic mass is 35.5. The SMILES string of the molecule is Cc1ccc(NC(=O)OCc2cc(F)c3cc(C4CCC(=O)NC4=O)c(C)nc3c2)cc1Cl. The summed E-state index contributed by atoms with van der Waals surface area (Å²) >= 11 is 6.05. The zero-order valence-electron chi connectivity index (χ0n) is 18.0. The van der Waals surface area contributed by atoms with Crippen molar-refractivity contribution in [3.05, 3.63) is 69.6 Å². The van der Waals surface area contributed by atoms with E-state index >= 15 is 0 Å². The molecule has 0 bridgehead atoms. The van der Waals surface area contributed by atoms with Crippen LogP contribution >= 0.6 is 11.6 Å². The van der Waals surface area contributed by atoms with E-state index in [4.69, 9.17) is 16.3 Å². The minimum atomic E-state index is -0.701. The lowest BCUT2D eigenvalue weighted by atomic mass is 9.88. The third-order valence-corrected chi connectivity index (χ3v) is 5.98. The van der Waals surface area contributed by atoms with Crippen molar-refractivity contribution in [1.29, 1.82) is 0 Å². The zero-order chi connectivity index (χ0) is 23.7. The van der Waals surface area contributed by atoms with Crippen LogP contribution in [0.1, 0.15) is 41.1 Å². The van der Waals surface area contributed by atoms with Crippen LogP contribution in [0.4, 0.5) is 14.9 Å². The number of hydrogen-bond acceptors (Lipinski definition) is 5. The number of aromatic nitrogens is 1. The van der Waals surface area contributed by atoms with Crippen LogP contribution < -0.4 is 10.6 Å². The second-order valence-electron chi connectivity index (χ2n) is 7.98. The van der Waals surface area contributed by atoms with E-state index in [0.717, 1.165) is 5.56 Å². The molecule has 1 saturated heterocycles. The number of piperidine rings is 1. The first-order chi connectivity index (χ1) is 15.7. The Morgan fingerprint density at radius 3 is 2.76 bits per heavy atom. The first-order valence-electron chi connectivity index (χ1n) is 10.3. The maximum Gasteiger partial charge on any atom is 0.411 e. The molecule has 33 heavy (non-hydrogen) atoms. The van der Waals surface area contributed by atoms with Crippen LogP contribution in [-0.2, 0) is 20.9 Å². The number of ether oxygens (including phenoxy) is 1. The number of carbonyl (C=O) groups is 3. The lowest BCUT2D eigenvalue weighted by Crippen LogP contribution is -2.39. The summed E-state index contributed by atoms with van der Waals surface area (Å²) in [5.41, 5.74) is 3.34. The van der Waals surface area contributed by atoms with Gasteiger partial charge in [-0.15, -0.1) is 0 Å². The van der Waals surface area contributed by atoms with Crippen molar-refractivity contribution >= 4 is 46.1 Å². The average molecular weight is 470 g/mol. The van der Waals surface area contributed by atoms with Crippen molar-refractivity contribution in [3.8, 4) is 0 Å². The molecule has 2 heterocycles. The molecule has 1 aliphatic heterocycles. The van der Waals surface area contributed by atoms with Crippen molar-refractivity contribution in [2.75, 3.05) is 5.32 Å². The van der Waals surface area contributed by atoms with Gasteiger partial charge in [0.15, 0.2) is 0 Å². The average Bonchev–Trinajstić information content (AvgIpc) is 2.75. The maximum absolute atomic E-state index is 14.9. The number of nitrogens with one attached hydrogen (secondary N) is 2. The van der Waals surface area contributed by atoms with Crippen molar-refractivity contribution in [1.82, 2.24) is 10.3 Å². The Morgan fingerprint density at radius 1 is 1.24 bits per heavy atom. The van der Waals surface area contributed by atoms with E-state index in [-0.39, 0.29) is 24.3 Å². The number of imide groups is 1. The Bertz CT molecular complexity index is 1290. The van der Waals surface area contributed by atoms with Gasteiger partial charge in [-0.2, -0.15) is 0 Å². The Labute approximate surface area is 194 Å². The molecule has 2 aromatic carbocycles. The van der Waals surface area contributed by atoms with Gasteiger partial charge in [-0.05, 0) is 67.3 Å². The summed E-state index contributed by atoms with van der Waals surface area (Å²) in [5, 5.41) is 5.66. The van der Waals surface area contributed by atoms with Crippen LogP contribution in [0.15, 0.2) is 36.4 Å². The van der Waals surface area contributed by atoms with Gasteiger partial charge < -0.3 is 4.74 Å². The summed E-state index contributed by atoms with van der Waals surface area (Å²) in [6, 6.07) is 9.59. The van der Waals surface area contributed by atoms with Gasteiger partial charge in [-0.25, -0.2) is 9.18 Å². The summed E-state index contributed by atoms with van der Waals surface area (Å²) < 4.78 is 20.1. The number of rotatable bonds is 4. The smallest absolute Gasteiger partial charge is 0.411 e. The van der Waals surface area contributed by atoms with Gasteiger partial charge in [-0.3, -0.25) is 25.2 Å². The number of hydrogen-bond donors (Lipinski definition) is 2. The number of fused-ring (bicyclic) bond motifs is 1. The molecule has 1 aliphatic rings. The van der Waals surface area contributed by atoms with E-state index in [9.17, 15) is 18.8 Å². The van der Waals surface area contributed by atoms with Crippen molar-refractivity contribution < 1.29 is 23.5 Å². The highest BCUT2D eigenvalue weighted by Crippen LogP contribution is 2.30. The first kappa shape index (κ1) is 22.7. The van der Waals surface area contributed by atoms with Crippen LogP contribution in [0.2, 0.25) is 5.02 Å². The summed E-state index contributed by atoms with van der Waals surface area (Å²) in [6.07, 6.45) is -0.121. The summed E-state index contributed by atoms with van der Waals surface area (Å²) in [6.45, 7) is 3.43. The molecule has 7 nitrogen and oxygen atoms in total. The molecular weight excluding hydrogens is 449 g/mol. The van der Waals surface area contributed by atoms with Gasteiger partial charge in [0.2, 0.25) is 11.8 Å². The fraction of sp³-hybridized carbons (Fsp3) is 0.250. The highest BCUT2D eigenvalue weighted by Gasteiger charge is 2.30. The van der Waals surface area contributed by atoms with Gasteiger partial charge in [0.1, 0.15) is 12.4 Å². The molecule has 0 radical (unpaired) electrons. The highest BCUT2D eigenvalue weighted by molar-refractivity contribution is 6.31. The molecular formula is C24H21ClFN3O4. The van der Waals surface area contributed by atoms with Gasteiger partial charge >= 0.3 is 6.09 Å². The molecule has 0 saturated carbocycles. The number of carbonyl (C=O) groups excluding carboxylic acids is 3. The van der Waals surface area contributed by atoms with E-state index in [1.165, 1.54) is 6.07 Å². The van der Waals surface area contributed by atoms with E-state index in [2.05, 4.69) is 15.6 Å². The second kappa shape index (κ2) is 9.15. The van der Waals surface area contributed by atoms with Gasteiger partial charge in [-0.1, -0.05) is 17.7 Å². The predicted molar refractivity (Wildman–Crippen MR) is 122 cm³/mol. The molecule has 170 valence electrons. The molecule has 1 atom stereocenters. The van der Waals surface area contributed by atoms with Crippen LogP contribution in [0, 0.1) is 19.7 Å². The van der Waals surface area contributed by atoms with E-state index in [1.54, 1.807) is 37.3 Å². The molecule has 1 unspecified atom stereocenters. The number of pyridine rings is 1. The number of benzene rings is 2. The van der Waals surface area contributed by atoms with Gasteiger partial charge in [0, 0.05) is 28.2 Å². The third-order valence-electron chi connectivity index (χ3n) is 5.58.